The number of aromatic nitrogens is 2. The molecule has 4 nitrogen and oxygen atoms in total. The van der Waals surface area contributed by atoms with Gasteiger partial charge in [-0.1, -0.05) is 6.92 Å². The number of nitrogens with one attached hydrogen (secondary N) is 1. The Bertz CT molecular complexity index is 464. The van der Waals surface area contributed by atoms with Crippen LogP contribution in [0.15, 0.2) is 11.1 Å². The molecule has 1 aromatic heterocycles. The Morgan fingerprint density at radius 2 is 2.05 bits per heavy atom. The van der Waals surface area contributed by atoms with E-state index in [0.29, 0.717) is 24.8 Å². The summed E-state index contributed by atoms with van der Waals surface area (Å²) in [4.78, 5) is 7.20. The third-order valence-corrected chi connectivity index (χ3v) is 4.22. The first-order chi connectivity index (χ1) is 9.99. The molecule has 21 heavy (non-hydrogen) atoms. The highest BCUT2D eigenvalue weighted by Crippen LogP contribution is 2.33. The van der Waals surface area contributed by atoms with Crippen molar-refractivity contribution in [1.82, 2.24) is 9.97 Å². The molecule has 0 atom stereocenters. The second-order valence-corrected chi connectivity index (χ2v) is 6.09. The van der Waals surface area contributed by atoms with Gasteiger partial charge >= 0.3 is 6.18 Å². The van der Waals surface area contributed by atoms with Gasteiger partial charge in [0.1, 0.15) is 10.8 Å². The zero-order valence-electron chi connectivity index (χ0n) is 11.7. The molecule has 0 unspecified atom stereocenters. The predicted molar refractivity (Wildman–Crippen MR) is 75.5 cm³/mol. The van der Waals surface area contributed by atoms with Crippen molar-refractivity contribution in [1.29, 1.82) is 0 Å². The second-order valence-electron chi connectivity index (χ2n) is 4.77. The Hall–Kier alpha value is -1.02. The van der Waals surface area contributed by atoms with Crippen molar-refractivity contribution in [2.24, 2.45) is 0 Å². The van der Waals surface area contributed by atoms with E-state index in [4.69, 9.17) is 4.74 Å². The number of hydrogen-bond donors (Lipinski definition) is 1. The molecule has 1 N–H and O–H groups in total. The van der Waals surface area contributed by atoms with E-state index in [1.165, 1.54) is 11.8 Å². The molecule has 1 aromatic rings. The summed E-state index contributed by atoms with van der Waals surface area (Å²) in [6.07, 6.45) is -2.07. The van der Waals surface area contributed by atoms with E-state index in [1.807, 2.05) is 6.92 Å². The normalized spacial score (nSPS) is 17.0. The lowest BCUT2D eigenvalue weighted by Gasteiger charge is -2.21. The molecule has 2 rings (SSSR count). The van der Waals surface area contributed by atoms with Crippen LogP contribution in [0.3, 0.4) is 0 Å². The van der Waals surface area contributed by atoms with E-state index in [2.05, 4.69) is 15.3 Å². The van der Waals surface area contributed by atoms with Gasteiger partial charge in [-0.15, -0.1) is 11.8 Å². The lowest BCUT2D eigenvalue weighted by molar-refractivity contribution is -0.145. The number of alkyl halides is 3. The Labute approximate surface area is 125 Å². The quantitative estimate of drug-likeness (QED) is 0.840. The monoisotopic (exact) mass is 321 g/mol. The third kappa shape index (κ3) is 5.03. The number of hydrogen-bond acceptors (Lipinski definition) is 5. The van der Waals surface area contributed by atoms with E-state index in [-0.39, 0.29) is 11.1 Å². The highest BCUT2D eigenvalue weighted by Gasteiger charge is 2.35. The maximum atomic E-state index is 12.9. The number of anilines is 1. The zero-order chi connectivity index (χ0) is 15.3. The summed E-state index contributed by atoms with van der Waals surface area (Å²) in [6.45, 7) is 3.82. The van der Waals surface area contributed by atoms with E-state index in [1.54, 1.807) is 6.07 Å². The lowest BCUT2D eigenvalue weighted by Crippen LogP contribution is -2.18. The van der Waals surface area contributed by atoms with Gasteiger partial charge in [0.15, 0.2) is 0 Å². The fraction of sp³-hybridized carbons (Fsp3) is 0.692. The molecule has 0 bridgehead atoms. The number of rotatable bonds is 5. The maximum absolute atomic E-state index is 12.9. The summed E-state index contributed by atoms with van der Waals surface area (Å²) >= 11 is 1.37. The van der Waals surface area contributed by atoms with Gasteiger partial charge in [0.2, 0.25) is 5.82 Å². The largest absolute Gasteiger partial charge is 0.451 e. The molecule has 118 valence electrons. The van der Waals surface area contributed by atoms with Crippen LogP contribution >= 0.6 is 11.8 Å². The maximum Gasteiger partial charge on any atom is 0.451 e. The van der Waals surface area contributed by atoms with Crippen molar-refractivity contribution in [2.45, 2.75) is 42.6 Å². The Kier molecular flexibility index (Phi) is 5.69. The molecular formula is C13H18F3N3OS. The van der Waals surface area contributed by atoms with Crippen molar-refractivity contribution in [3.05, 3.63) is 11.9 Å². The zero-order valence-corrected chi connectivity index (χ0v) is 12.6. The van der Waals surface area contributed by atoms with Crippen molar-refractivity contribution in [2.75, 3.05) is 25.1 Å². The Balaban J connectivity index is 2.17. The van der Waals surface area contributed by atoms with Crippen molar-refractivity contribution < 1.29 is 17.9 Å². The first kappa shape index (κ1) is 16.4. The molecule has 0 aromatic carbocycles. The molecule has 8 heteroatoms. The van der Waals surface area contributed by atoms with Gasteiger partial charge in [0.05, 0.1) is 0 Å². The molecule has 0 aliphatic carbocycles. The molecule has 0 saturated carbocycles. The molecule has 1 aliphatic heterocycles. The number of thioether (sulfide) groups is 1. The average molecular weight is 321 g/mol. The van der Waals surface area contributed by atoms with Crippen LogP contribution in [-0.4, -0.2) is 35.0 Å². The summed E-state index contributed by atoms with van der Waals surface area (Å²) in [5, 5.41) is 3.50. The topological polar surface area (TPSA) is 47.0 Å². The highest BCUT2D eigenvalue weighted by molar-refractivity contribution is 7.99. The smallest absolute Gasteiger partial charge is 0.381 e. The van der Waals surface area contributed by atoms with E-state index >= 15 is 0 Å². The van der Waals surface area contributed by atoms with Gasteiger partial charge in [-0.05, 0) is 19.3 Å². The first-order valence-corrected chi connectivity index (χ1v) is 7.81. The molecule has 1 fully saturated rings. The van der Waals surface area contributed by atoms with Gasteiger partial charge in [-0.3, -0.25) is 0 Å². The number of nitrogens with zero attached hydrogens (tertiary/aromatic N) is 2. The summed E-state index contributed by atoms with van der Waals surface area (Å²) in [6, 6.07) is 1.59. The fourth-order valence-corrected chi connectivity index (χ4v) is 3.01. The minimum atomic E-state index is -4.53. The molecule has 1 saturated heterocycles. The van der Waals surface area contributed by atoms with Gasteiger partial charge in [-0.2, -0.15) is 13.2 Å². The van der Waals surface area contributed by atoms with Gasteiger partial charge in [0, 0.05) is 31.1 Å². The molecular weight excluding hydrogens is 303 g/mol. The van der Waals surface area contributed by atoms with Crippen LogP contribution in [0, 0.1) is 0 Å². The highest BCUT2D eigenvalue weighted by atomic mass is 32.2. The third-order valence-electron chi connectivity index (χ3n) is 2.97. The summed E-state index contributed by atoms with van der Waals surface area (Å²) in [7, 11) is 0. The van der Waals surface area contributed by atoms with E-state index in [0.717, 1.165) is 19.3 Å². The lowest BCUT2D eigenvalue weighted by atomic mass is 10.2. The fourth-order valence-electron chi connectivity index (χ4n) is 1.92. The minimum Gasteiger partial charge on any atom is -0.381 e. The Morgan fingerprint density at radius 1 is 1.33 bits per heavy atom. The van der Waals surface area contributed by atoms with Crippen molar-refractivity contribution >= 4 is 17.6 Å². The second kappa shape index (κ2) is 7.31. The van der Waals surface area contributed by atoms with Gasteiger partial charge in [0.25, 0.3) is 0 Å². The number of halogens is 3. The van der Waals surface area contributed by atoms with Crippen LogP contribution in [0.5, 0.6) is 0 Å². The predicted octanol–water partition coefficient (Wildman–Crippen LogP) is 3.59. The van der Waals surface area contributed by atoms with Crippen molar-refractivity contribution in [3.8, 4) is 0 Å². The summed E-state index contributed by atoms with van der Waals surface area (Å²) in [5.41, 5.74) is 0. The summed E-state index contributed by atoms with van der Waals surface area (Å²) in [5.74, 6) is -0.855. The van der Waals surface area contributed by atoms with E-state index in [9.17, 15) is 13.2 Å². The van der Waals surface area contributed by atoms with Crippen LogP contribution in [0.2, 0.25) is 0 Å². The molecule has 0 amide bonds. The average Bonchev–Trinajstić information content (AvgIpc) is 2.45. The van der Waals surface area contributed by atoms with Gasteiger partial charge < -0.3 is 10.1 Å². The molecule has 0 radical (unpaired) electrons. The molecule has 2 heterocycles. The van der Waals surface area contributed by atoms with Crippen LogP contribution in [0.4, 0.5) is 19.0 Å². The summed E-state index contributed by atoms with van der Waals surface area (Å²) < 4.78 is 43.9. The number of ether oxygens (including phenoxy) is 1. The standard InChI is InChI=1S/C13H18F3N3OS/c1-2-5-17-10-8-11(19-12(18-10)13(14,15)16)21-9-3-6-20-7-4-9/h8-9H,2-7H2,1H3,(H,17,18,19). The molecule has 1 aliphatic rings. The SMILES string of the molecule is CCCNc1cc(SC2CCOCC2)nc(C(F)(F)F)n1. The minimum absolute atomic E-state index is 0.230. The van der Waals surface area contributed by atoms with Crippen LogP contribution in [0.25, 0.3) is 0 Å². The van der Waals surface area contributed by atoms with Crippen molar-refractivity contribution in [3.63, 3.8) is 0 Å². The van der Waals surface area contributed by atoms with Crippen LogP contribution < -0.4 is 5.32 Å². The Morgan fingerprint density at radius 3 is 2.67 bits per heavy atom. The van der Waals surface area contributed by atoms with E-state index < -0.39 is 12.0 Å². The van der Waals surface area contributed by atoms with Crippen LogP contribution in [-0.2, 0) is 10.9 Å². The van der Waals surface area contributed by atoms with Gasteiger partial charge in [-0.25, -0.2) is 9.97 Å². The first-order valence-electron chi connectivity index (χ1n) is 6.93. The molecule has 0 spiro atoms. The van der Waals surface area contributed by atoms with Crippen LogP contribution in [0.1, 0.15) is 32.0 Å².